The Morgan fingerprint density at radius 1 is 1.37 bits per heavy atom. The molecule has 0 saturated carbocycles. The van der Waals surface area contributed by atoms with Crippen LogP contribution < -0.4 is 10.6 Å². The first-order valence-corrected chi connectivity index (χ1v) is 6.89. The minimum absolute atomic E-state index is 0.0243. The molecule has 0 spiro atoms. The second kappa shape index (κ2) is 7.33. The van der Waals surface area contributed by atoms with Crippen molar-refractivity contribution in [3.63, 3.8) is 0 Å². The largest absolute Gasteiger partial charge is 0.481 e. The third kappa shape index (κ3) is 4.38. The van der Waals surface area contributed by atoms with Crippen LogP contribution in [0.5, 0.6) is 0 Å². The number of nitrogens with one attached hydrogen (secondary N) is 2. The summed E-state index contributed by atoms with van der Waals surface area (Å²) in [6, 6.07) is -0.292. The van der Waals surface area contributed by atoms with E-state index in [1.807, 2.05) is 13.8 Å². The van der Waals surface area contributed by atoms with Gasteiger partial charge in [0.25, 0.3) is 0 Å². The van der Waals surface area contributed by atoms with Crippen LogP contribution >= 0.6 is 0 Å². The predicted octanol–water partition coefficient (Wildman–Crippen LogP) is 1.36. The minimum Gasteiger partial charge on any atom is -0.481 e. The van der Waals surface area contributed by atoms with Gasteiger partial charge in [0.05, 0.1) is 18.1 Å². The highest BCUT2D eigenvalue weighted by Crippen LogP contribution is 2.25. The van der Waals surface area contributed by atoms with Crippen LogP contribution in [0.1, 0.15) is 39.5 Å². The number of urea groups is 1. The van der Waals surface area contributed by atoms with Gasteiger partial charge < -0.3 is 20.5 Å². The molecule has 0 aliphatic carbocycles. The molecule has 1 aliphatic rings. The number of hydrogen-bond acceptors (Lipinski definition) is 3. The molecule has 1 fully saturated rings. The maximum Gasteiger partial charge on any atom is 0.315 e. The molecule has 0 radical (unpaired) electrons. The predicted molar refractivity (Wildman–Crippen MR) is 71.0 cm³/mol. The summed E-state index contributed by atoms with van der Waals surface area (Å²) in [5, 5.41) is 14.7. The van der Waals surface area contributed by atoms with Crippen LogP contribution in [0.3, 0.4) is 0 Å². The summed E-state index contributed by atoms with van der Waals surface area (Å²) >= 11 is 0. The Hall–Kier alpha value is -1.30. The molecule has 0 bridgehead atoms. The van der Waals surface area contributed by atoms with E-state index in [2.05, 4.69) is 10.6 Å². The third-order valence-corrected chi connectivity index (χ3v) is 3.89. The summed E-state index contributed by atoms with van der Waals surface area (Å²) in [5.74, 6) is -0.862. The quantitative estimate of drug-likeness (QED) is 0.681. The number of ether oxygens (including phenoxy) is 1. The second-order valence-electron chi connectivity index (χ2n) is 5.03. The summed E-state index contributed by atoms with van der Waals surface area (Å²) in [7, 11) is 0. The molecule has 2 amide bonds. The molecule has 1 atom stereocenters. The van der Waals surface area contributed by atoms with E-state index in [-0.39, 0.29) is 18.6 Å². The topological polar surface area (TPSA) is 87.7 Å². The van der Waals surface area contributed by atoms with Gasteiger partial charge >= 0.3 is 12.0 Å². The number of carbonyl (C=O) groups is 2. The van der Waals surface area contributed by atoms with E-state index in [1.54, 1.807) is 0 Å². The standard InChI is InChI=1S/C13H24N2O4/c1-3-13(4-2,11(16)17)9-14-12(18)15-10-6-5-7-19-8-10/h10H,3-9H2,1-2H3,(H,16,17)(H2,14,15,18). The number of amides is 2. The van der Waals surface area contributed by atoms with Crippen LogP contribution in [0.15, 0.2) is 0 Å². The van der Waals surface area contributed by atoms with Crippen molar-refractivity contribution in [1.29, 1.82) is 0 Å². The summed E-state index contributed by atoms with van der Waals surface area (Å²) in [4.78, 5) is 23.0. The average Bonchev–Trinajstić information content (AvgIpc) is 2.41. The van der Waals surface area contributed by atoms with Crippen LogP contribution in [-0.2, 0) is 9.53 Å². The molecule has 1 rings (SSSR count). The molecule has 1 saturated heterocycles. The normalized spacial score (nSPS) is 19.8. The second-order valence-corrected chi connectivity index (χ2v) is 5.03. The molecule has 110 valence electrons. The Kier molecular flexibility index (Phi) is 6.08. The summed E-state index contributed by atoms with van der Waals surface area (Å²) in [6.07, 6.45) is 2.82. The Labute approximate surface area is 113 Å². The fourth-order valence-electron chi connectivity index (χ4n) is 2.22. The smallest absolute Gasteiger partial charge is 0.315 e. The van der Waals surface area contributed by atoms with Gasteiger partial charge in [-0.1, -0.05) is 13.8 Å². The fourth-order valence-corrected chi connectivity index (χ4v) is 2.22. The van der Waals surface area contributed by atoms with Crippen LogP contribution in [0, 0.1) is 5.41 Å². The molecule has 1 unspecified atom stereocenters. The van der Waals surface area contributed by atoms with Crippen molar-refractivity contribution in [3.8, 4) is 0 Å². The average molecular weight is 272 g/mol. The Bertz CT molecular complexity index is 310. The van der Waals surface area contributed by atoms with Crippen molar-refractivity contribution in [2.75, 3.05) is 19.8 Å². The van der Waals surface area contributed by atoms with Gasteiger partial charge in [-0.2, -0.15) is 0 Å². The van der Waals surface area contributed by atoms with E-state index in [0.29, 0.717) is 19.4 Å². The first-order valence-electron chi connectivity index (χ1n) is 6.89. The van der Waals surface area contributed by atoms with Gasteiger partial charge in [-0.15, -0.1) is 0 Å². The highest BCUT2D eigenvalue weighted by atomic mass is 16.5. The van der Waals surface area contributed by atoms with Crippen LogP contribution in [0.2, 0.25) is 0 Å². The van der Waals surface area contributed by atoms with Crippen molar-refractivity contribution >= 4 is 12.0 Å². The Morgan fingerprint density at radius 2 is 2.05 bits per heavy atom. The molecular formula is C13H24N2O4. The summed E-state index contributed by atoms with van der Waals surface area (Å²) < 4.78 is 5.27. The summed E-state index contributed by atoms with van der Waals surface area (Å²) in [6.45, 7) is 5.07. The van der Waals surface area contributed by atoms with Crippen molar-refractivity contribution in [3.05, 3.63) is 0 Å². The van der Waals surface area contributed by atoms with E-state index in [0.717, 1.165) is 19.4 Å². The van der Waals surface area contributed by atoms with Crippen LogP contribution in [-0.4, -0.2) is 42.9 Å². The zero-order valence-electron chi connectivity index (χ0n) is 11.7. The molecule has 0 aromatic carbocycles. The van der Waals surface area contributed by atoms with Gasteiger partial charge in [0, 0.05) is 13.2 Å². The molecular weight excluding hydrogens is 248 g/mol. The molecule has 0 aromatic heterocycles. The molecule has 3 N–H and O–H groups in total. The van der Waals surface area contributed by atoms with E-state index in [9.17, 15) is 14.7 Å². The van der Waals surface area contributed by atoms with E-state index >= 15 is 0 Å². The lowest BCUT2D eigenvalue weighted by Gasteiger charge is -2.28. The molecule has 1 heterocycles. The van der Waals surface area contributed by atoms with Gasteiger partial charge in [0.15, 0.2) is 0 Å². The van der Waals surface area contributed by atoms with E-state index < -0.39 is 11.4 Å². The van der Waals surface area contributed by atoms with E-state index in [4.69, 9.17) is 4.74 Å². The van der Waals surface area contributed by atoms with Gasteiger partial charge in [0.2, 0.25) is 0 Å². The Morgan fingerprint density at radius 3 is 2.53 bits per heavy atom. The van der Waals surface area contributed by atoms with Crippen LogP contribution in [0.25, 0.3) is 0 Å². The molecule has 19 heavy (non-hydrogen) atoms. The minimum atomic E-state index is -0.875. The van der Waals surface area contributed by atoms with Gasteiger partial charge in [-0.25, -0.2) is 4.79 Å². The number of carboxylic acids is 1. The maximum atomic E-state index is 11.7. The summed E-state index contributed by atoms with van der Waals surface area (Å²) in [5.41, 5.74) is -0.875. The van der Waals surface area contributed by atoms with Crippen molar-refractivity contribution in [2.24, 2.45) is 5.41 Å². The first-order chi connectivity index (χ1) is 9.04. The Balaban J connectivity index is 2.41. The third-order valence-electron chi connectivity index (χ3n) is 3.89. The highest BCUT2D eigenvalue weighted by molar-refractivity contribution is 5.78. The lowest BCUT2D eigenvalue weighted by atomic mass is 9.82. The lowest BCUT2D eigenvalue weighted by Crippen LogP contribution is -2.50. The van der Waals surface area contributed by atoms with Crippen molar-refractivity contribution in [1.82, 2.24) is 10.6 Å². The maximum absolute atomic E-state index is 11.7. The number of carbonyl (C=O) groups excluding carboxylic acids is 1. The van der Waals surface area contributed by atoms with Crippen molar-refractivity contribution < 1.29 is 19.4 Å². The first kappa shape index (κ1) is 15.8. The molecule has 6 heteroatoms. The van der Waals surface area contributed by atoms with Gasteiger partial charge in [-0.3, -0.25) is 4.79 Å². The lowest BCUT2D eigenvalue weighted by molar-refractivity contribution is -0.149. The highest BCUT2D eigenvalue weighted by Gasteiger charge is 2.35. The molecule has 0 aromatic rings. The number of aliphatic carboxylic acids is 1. The monoisotopic (exact) mass is 272 g/mol. The van der Waals surface area contributed by atoms with Crippen molar-refractivity contribution in [2.45, 2.75) is 45.6 Å². The zero-order valence-corrected chi connectivity index (χ0v) is 11.7. The number of rotatable bonds is 6. The van der Waals surface area contributed by atoms with Gasteiger partial charge in [-0.05, 0) is 25.7 Å². The number of hydrogen-bond donors (Lipinski definition) is 3. The van der Waals surface area contributed by atoms with Gasteiger partial charge in [0.1, 0.15) is 0 Å². The fraction of sp³-hybridized carbons (Fsp3) is 0.846. The number of carboxylic acid groups (broad SMARTS) is 1. The zero-order chi connectivity index (χ0) is 14.3. The molecule has 1 aliphatic heterocycles. The SMILES string of the molecule is CCC(CC)(CNC(=O)NC1CCCOC1)C(=O)O. The molecule has 6 nitrogen and oxygen atoms in total. The van der Waals surface area contributed by atoms with E-state index in [1.165, 1.54) is 0 Å². The van der Waals surface area contributed by atoms with Crippen LogP contribution in [0.4, 0.5) is 4.79 Å².